The number of aliphatic hydroxyl groups is 1. The molecule has 1 aliphatic rings. The average molecular weight is 244 g/mol. The van der Waals surface area contributed by atoms with Crippen LogP contribution in [0.3, 0.4) is 0 Å². The van der Waals surface area contributed by atoms with E-state index < -0.39 is 10.0 Å². The van der Waals surface area contributed by atoms with Crippen molar-refractivity contribution >= 4 is 10.0 Å². The van der Waals surface area contributed by atoms with Gasteiger partial charge in [-0.15, -0.1) is 0 Å². The van der Waals surface area contributed by atoms with E-state index in [-0.39, 0.29) is 17.2 Å². The SMILES string of the molecule is O=S(=O)(NC1CCC(O)CC1)c1ccc[nH]1. The van der Waals surface area contributed by atoms with Gasteiger partial charge < -0.3 is 10.1 Å². The summed E-state index contributed by atoms with van der Waals surface area (Å²) in [6, 6.07) is 3.12. The molecule has 0 amide bonds. The molecule has 1 saturated carbocycles. The smallest absolute Gasteiger partial charge is 0.256 e. The van der Waals surface area contributed by atoms with E-state index in [9.17, 15) is 13.5 Å². The van der Waals surface area contributed by atoms with Gasteiger partial charge in [-0.05, 0) is 37.8 Å². The summed E-state index contributed by atoms with van der Waals surface area (Å²) in [5, 5.41) is 9.52. The molecule has 0 saturated heterocycles. The summed E-state index contributed by atoms with van der Waals surface area (Å²) >= 11 is 0. The van der Waals surface area contributed by atoms with Crippen LogP contribution in [0.2, 0.25) is 0 Å². The molecule has 1 fully saturated rings. The van der Waals surface area contributed by atoms with Crippen LogP contribution < -0.4 is 4.72 Å². The molecule has 3 N–H and O–H groups in total. The van der Waals surface area contributed by atoms with Crippen molar-refractivity contribution in [2.75, 3.05) is 0 Å². The largest absolute Gasteiger partial charge is 0.393 e. The second kappa shape index (κ2) is 4.57. The van der Waals surface area contributed by atoms with Crippen LogP contribution in [0.1, 0.15) is 25.7 Å². The number of rotatable bonds is 3. The lowest BCUT2D eigenvalue weighted by molar-refractivity contribution is 0.120. The molecule has 0 bridgehead atoms. The summed E-state index contributed by atoms with van der Waals surface area (Å²) in [4.78, 5) is 2.68. The molecule has 6 heteroatoms. The molecule has 5 nitrogen and oxygen atoms in total. The minimum Gasteiger partial charge on any atom is -0.393 e. The van der Waals surface area contributed by atoms with Gasteiger partial charge in [0, 0.05) is 12.2 Å². The Bertz CT molecular complexity index is 419. The van der Waals surface area contributed by atoms with Crippen LogP contribution in [0.5, 0.6) is 0 Å². The number of hydrogen-bond donors (Lipinski definition) is 3. The van der Waals surface area contributed by atoms with Gasteiger partial charge in [-0.1, -0.05) is 0 Å². The van der Waals surface area contributed by atoms with E-state index in [0.717, 1.165) is 0 Å². The van der Waals surface area contributed by atoms with Gasteiger partial charge in [0.25, 0.3) is 10.0 Å². The Balaban J connectivity index is 2.00. The molecule has 1 aromatic heterocycles. The topological polar surface area (TPSA) is 82.2 Å². The van der Waals surface area contributed by atoms with E-state index in [1.165, 1.54) is 6.07 Å². The van der Waals surface area contributed by atoms with Crippen molar-refractivity contribution in [1.29, 1.82) is 0 Å². The first-order chi connectivity index (χ1) is 7.58. The maximum atomic E-state index is 11.8. The van der Waals surface area contributed by atoms with Crippen LogP contribution in [0, 0.1) is 0 Å². The van der Waals surface area contributed by atoms with Crippen molar-refractivity contribution in [2.24, 2.45) is 0 Å². The van der Waals surface area contributed by atoms with Gasteiger partial charge in [0.1, 0.15) is 5.03 Å². The Labute approximate surface area is 94.9 Å². The van der Waals surface area contributed by atoms with Crippen LogP contribution in [-0.2, 0) is 10.0 Å². The third-order valence-electron chi connectivity index (χ3n) is 2.88. The van der Waals surface area contributed by atoms with Crippen molar-refractivity contribution in [3.63, 3.8) is 0 Å². The molecule has 0 unspecified atom stereocenters. The number of aromatic nitrogens is 1. The maximum absolute atomic E-state index is 11.8. The lowest BCUT2D eigenvalue weighted by Crippen LogP contribution is -2.38. The van der Waals surface area contributed by atoms with Gasteiger partial charge in [-0.25, -0.2) is 13.1 Å². The van der Waals surface area contributed by atoms with Gasteiger partial charge in [0.05, 0.1) is 6.10 Å². The zero-order valence-corrected chi connectivity index (χ0v) is 9.70. The van der Waals surface area contributed by atoms with E-state index in [4.69, 9.17) is 0 Å². The molecule has 1 aromatic rings. The minimum atomic E-state index is -3.42. The third-order valence-corrected chi connectivity index (χ3v) is 4.35. The van der Waals surface area contributed by atoms with Crippen molar-refractivity contribution in [2.45, 2.75) is 42.9 Å². The average Bonchev–Trinajstić information content (AvgIpc) is 2.75. The van der Waals surface area contributed by atoms with Crippen LogP contribution in [-0.4, -0.2) is 30.7 Å². The van der Waals surface area contributed by atoms with E-state index >= 15 is 0 Å². The second-order valence-corrected chi connectivity index (χ2v) is 5.84. The zero-order chi connectivity index (χ0) is 11.6. The fraction of sp³-hybridized carbons (Fsp3) is 0.600. The predicted octanol–water partition coefficient (Wildman–Crippen LogP) is 0.596. The number of H-pyrrole nitrogens is 1. The summed E-state index contributed by atoms with van der Waals surface area (Å²) < 4.78 is 26.3. The van der Waals surface area contributed by atoms with Crippen LogP contribution in [0.15, 0.2) is 23.4 Å². The third kappa shape index (κ3) is 2.63. The highest BCUT2D eigenvalue weighted by atomic mass is 32.2. The molecule has 1 heterocycles. The van der Waals surface area contributed by atoms with Crippen LogP contribution in [0.25, 0.3) is 0 Å². The Morgan fingerprint density at radius 2 is 2.00 bits per heavy atom. The van der Waals surface area contributed by atoms with Gasteiger partial charge in [0.2, 0.25) is 0 Å². The standard InChI is InChI=1S/C10H16N2O3S/c13-9-5-3-8(4-6-9)12-16(14,15)10-2-1-7-11-10/h1-2,7-9,11-13H,3-6H2. The highest BCUT2D eigenvalue weighted by Gasteiger charge is 2.24. The highest BCUT2D eigenvalue weighted by molar-refractivity contribution is 7.89. The van der Waals surface area contributed by atoms with E-state index in [0.29, 0.717) is 25.7 Å². The highest BCUT2D eigenvalue weighted by Crippen LogP contribution is 2.20. The summed E-state index contributed by atoms with van der Waals surface area (Å²) in [6.07, 6.45) is 4.03. The molecule has 0 atom stereocenters. The lowest BCUT2D eigenvalue weighted by Gasteiger charge is -2.25. The van der Waals surface area contributed by atoms with Crippen molar-refractivity contribution in [3.05, 3.63) is 18.3 Å². The van der Waals surface area contributed by atoms with E-state index in [1.807, 2.05) is 0 Å². The molecule has 90 valence electrons. The Morgan fingerprint density at radius 3 is 2.56 bits per heavy atom. The second-order valence-electron chi connectivity index (χ2n) is 4.16. The molecular weight excluding hydrogens is 228 g/mol. The molecule has 0 aromatic carbocycles. The normalized spacial score (nSPS) is 26.8. The molecule has 2 rings (SSSR count). The number of hydrogen-bond acceptors (Lipinski definition) is 3. The number of sulfonamides is 1. The monoisotopic (exact) mass is 244 g/mol. The fourth-order valence-corrected chi connectivity index (χ4v) is 3.24. The lowest BCUT2D eigenvalue weighted by atomic mass is 9.94. The number of nitrogens with one attached hydrogen (secondary N) is 2. The van der Waals surface area contributed by atoms with Crippen LogP contribution in [0.4, 0.5) is 0 Å². The first-order valence-corrected chi connectivity index (χ1v) is 6.90. The minimum absolute atomic E-state index is 0.0586. The predicted molar refractivity (Wildman–Crippen MR) is 59.4 cm³/mol. The summed E-state index contributed by atoms with van der Waals surface area (Å²) in [6.45, 7) is 0. The summed E-state index contributed by atoms with van der Waals surface area (Å²) in [5.74, 6) is 0. The summed E-state index contributed by atoms with van der Waals surface area (Å²) in [7, 11) is -3.42. The molecular formula is C10H16N2O3S. The zero-order valence-electron chi connectivity index (χ0n) is 8.89. The molecule has 16 heavy (non-hydrogen) atoms. The maximum Gasteiger partial charge on any atom is 0.256 e. The van der Waals surface area contributed by atoms with Crippen LogP contribution >= 0.6 is 0 Å². The Kier molecular flexibility index (Phi) is 3.32. The van der Waals surface area contributed by atoms with Gasteiger partial charge in [0.15, 0.2) is 0 Å². The first-order valence-electron chi connectivity index (χ1n) is 5.42. The Hall–Kier alpha value is -0.850. The number of aliphatic hydroxyl groups excluding tert-OH is 1. The van der Waals surface area contributed by atoms with Gasteiger partial charge in [-0.2, -0.15) is 0 Å². The molecule has 0 radical (unpaired) electrons. The number of aromatic amines is 1. The molecule has 1 aliphatic carbocycles. The van der Waals surface area contributed by atoms with Crippen molar-refractivity contribution < 1.29 is 13.5 Å². The van der Waals surface area contributed by atoms with Gasteiger partial charge in [-0.3, -0.25) is 0 Å². The fourth-order valence-electron chi connectivity index (χ4n) is 1.96. The summed E-state index contributed by atoms with van der Waals surface area (Å²) in [5.41, 5.74) is 0. The quantitative estimate of drug-likeness (QED) is 0.728. The van der Waals surface area contributed by atoms with Crippen molar-refractivity contribution in [1.82, 2.24) is 9.71 Å². The molecule has 0 aliphatic heterocycles. The van der Waals surface area contributed by atoms with Crippen molar-refractivity contribution in [3.8, 4) is 0 Å². The molecule has 0 spiro atoms. The van der Waals surface area contributed by atoms with E-state index in [2.05, 4.69) is 9.71 Å². The van der Waals surface area contributed by atoms with Gasteiger partial charge >= 0.3 is 0 Å². The Morgan fingerprint density at radius 1 is 1.31 bits per heavy atom. The van der Waals surface area contributed by atoms with E-state index in [1.54, 1.807) is 12.3 Å². The first kappa shape index (κ1) is 11.6.